The van der Waals surface area contributed by atoms with Crippen molar-refractivity contribution >= 4 is 35.3 Å². The smallest absolute Gasteiger partial charge is 0.277 e. The summed E-state index contributed by atoms with van der Waals surface area (Å²) in [6.07, 6.45) is 1.42. The third-order valence-electron chi connectivity index (χ3n) is 3.32. The number of furan rings is 1. The molecule has 1 aromatic heterocycles. The number of nitrogens with zero attached hydrogens (tertiary/aromatic N) is 1. The number of rotatable bonds is 6. The van der Waals surface area contributed by atoms with E-state index in [1.165, 1.54) is 6.21 Å². The molecular weight excluding hydrogens is 375 g/mol. The van der Waals surface area contributed by atoms with Crippen LogP contribution in [-0.2, 0) is 4.79 Å². The van der Waals surface area contributed by atoms with Gasteiger partial charge >= 0.3 is 0 Å². The largest absolute Gasteiger partial charge is 0.484 e. The van der Waals surface area contributed by atoms with Crippen molar-refractivity contribution in [1.29, 1.82) is 0 Å². The van der Waals surface area contributed by atoms with Gasteiger partial charge in [-0.05, 0) is 60.7 Å². The zero-order valence-corrected chi connectivity index (χ0v) is 15.0. The number of hydrazone groups is 1. The van der Waals surface area contributed by atoms with E-state index in [-0.39, 0.29) is 12.5 Å². The molecule has 0 bridgehead atoms. The standard InChI is InChI=1S/C19H14Cl2N2O3/c20-14-3-1-13(2-4-14)18-10-9-17(26-18)11-22-23-19(24)12-25-16-7-5-15(21)6-8-16/h1-11H,12H2,(H,23,24). The van der Waals surface area contributed by atoms with E-state index >= 15 is 0 Å². The Morgan fingerprint density at radius 2 is 1.65 bits per heavy atom. The highest BCUT2D eigenvalue weighted by Gasteiger charge is 2.04. The van der Waals surface area contributed by atoms with Gasteiger partial charge in [-0.3, -0.25) is 4.79 Å². The van der Waals surface area contributed by atoms with Crippen molar-refractivity contribution in [2.45, 2.75) is 0 Å². The lowest BCUT2D eigenvalue weighted by molar-refractivity contribution is -0.123. The molecule has 1 heterocycles. The normalized spacial score (nSPS) is 10.8. The number of hydrogen-bond acceptors (Lipinski definition) is 4. The molecule has 3 aromatic rings. The number of hydrogen-bond donors (Lipinski definition) is 1. The van der Waals surface area contributed by atoms with Crippen LogP contribution in [0.5, 0.6) is 5.75 Å². The molecule has 5 nitrogen and oxygen atoms in total. The molecule has 0 unspecified atom stereocenters. The molecule has 1 N–H and O–H groups in total. The van der Waals surface area contributed by atoms with Gasteiger partial charge in [0.1, 0.15) is 17.3 Å². The zero-order chi connectivity index (χ0) is 18.4. The fraction of sp³-hybridized carbons (Fsp3) is 0.0526. The monoisotopic (exact) mass is 388 g/mol. The summed E-state index contributed by atoms with van der Waals surface area (Å²) in [6.45, 7) is -0.160. The van der Waals surface area contributed by atoms with Gasteiger partial charge in [-0.15, -0.1) is 0 Å². The molecule has 0 saturated carbocycles. The second-order valence-electron chi connectivity index (χ2n) is 5.24. The predicted octanol–water partition coefficient (Wildman–Crippen LogP) is 4.78. The number of nitrogens with one attached hydrogen (secondary N) is 1. The quantitative estimate of drug-likeness (QED) is 0.487. The van der Waals surface area contributed by atoms with Gasteiger partial charge in [0.25, 0.3) is 5.91 Å². The summed E-state index contributed by atoms with van der Waals surface area (Å²) in [5, 5.41) is 5.11. The Bertz CT molecular complexity index is 903. The molecule has 26 heavy (non-hydrogen) atoms. The van der Waals surface area contributed by atoms with Crippen molar-refractivity contribution < 1.29 is 13.9 Å². The second-order valence-corrected chi connectivity index (χ2v) is 6.12. The lowest BCUT2D eigenvalue weighted by atomic mass is 10.2. The Morgan fingerprint density at radius 3 is 2.35 bits per heavy atom. The third-order valence-corrected chi connectivity index (χ3v) is 3.82. The first-order valence-electron chi connectivity index (χ1n) is 7.66. The van der Waals surface area contributed by atoms with Crippen molar-refractivity contribution in [2.24, 2.45) is 5.10 Å². The van der Waals surface area contributed by atoms with Crippen LogP contribution in [-0.4, -0.2) is 18.7 Å². The van der Waals surface area contributed by atoms with Gasteiger partial charge in [-0.2, -0.15) is 5.10 Å². The summed E-state index contributed by atoms with van der Waals surface area (Å²) in [5.74, 6) is 1.35. The summed E-state index contributed by atoms with van der Waals surface area (Å²) in [5.41, 5.74) is 3.27. The molecule has 7 heteroatoms. The van der Waals surface area contributed by atoms with Crippen LogP contribution in [0, 0.1) is 0 Å². The fourth-order valence-electron chi connectivity index (χ4n) is 2.07. The number of halogens is 2. The third kappa shape index (κ3) is 5.12. The average Bonchev–Trinajstić information content (AvgIpc) is 3.11. The first-order chi connectivity index (χ1) is 12.6. The van der Waals surface area contributed by atoms with Crippen LogP contribution in [0.25, 0.3) is 11.3 Å². The Balaban J connectivity index is 1.49. The molecule has 0 saturated heterocycles. The van der Waals surface area contributed by atoms with Gasteiger partial charge in [0, 0.05) is 15.6 Å². The zero-order valence-electron chi connectivity index (χ0n) is 13.5. The van der Waals surface area contributed by atoms with E-state index in [2.05, 4.69) is 10.5 Å². The van der Waals surface area contributed by atoms with Crippen LogP contribution in [0.2, 0.25) is 10.0 Å². The van der Waals surface area contributed by atoms with Gasteiger partial charge < -0.3 is 9.15 Å². The Kier molecular flexibility index (Phi) is 5.94. The minimum atomic E-state index is -0.388. The van der Waals surface area contributed by atoms with E-state index in [9.17, 15) is 4.79 Å². The molecule has 0 atom stereocenters. The molecule has 0 aliphatic carbocycles. The van der Waals surface area contributed by atoms with Gasteiger partial charge in [0.05, 0.1) is 6.21 Å². The average molecular weight is 389 g/mol. The molecule has 0 aliphatic heterocycles. The maximum absolute atomic E-state index is 11.7. The Morgan fingerprint density at radius 1 is 1.00 bits per heavy atom. The Hall–Kier alpha value is -2.76. The summed E-state index contributed by atoms with van der Waals surface area (Å²) < 4.78 is 11.0. The van der Waals surface area contributed by atoms with Gasteiger partial charge in [0.15, 0.2) is 6.61 Å². The molecule has 3 rings (SSSR count). The SMILES string of the molecule is O=C(COc1ccc(Cl)cc1)NN=Cc1ccc(-c2ccc(Cl)cc2)o1. The number of carbonyl (C=O) groups is 1. The van der Waals surface area contributed by atoms with Crippen LogP contribution in [0.3, 0.4) is 0 Å². The lowest BCUT2D eigenvalue weighted by Crippen LogP contribution is -2.24. The minimum Gasteiger partial charge on any atom is -0.484 e. The highest BCUT2D eigenvalue weighted by atomic mass is 35.5. The fourth-order valence-corrected chi connectivity index (χ4v) is 2.32. The Labute approximate surface area is 160 Å². The van der Waals surface area contributed by atoms with Crippen molar-refractivity contribution in [1.82, 2.24) is 5.43 Å². The van der Waals surface area contributed by atoms with Crippen LogP contribution < -0.4 is 10.2 Å². The molecule has 0 radical (unpaired) electrons. The highest BCUT2D eigenvalue weighted by molar-refractivity contribution is 6.30. The maximum Gasteiger partial charge on any atom is 0.277 e. The maximum atomic E-state index is 11.7. The number of amides is 1. The van der Waals surface area contributed by atoms with E-state index < -0.39 is 0 Å². The first-order valence-corrected chi connectivity index (χ1v) is 8.42. The summed E-state index contributed by atoms with van der Waals surface area (Å²) in [6, 6.07) is 17.6. The van der Waals surface area contributed by atoms with Crippen LogP contribution in [0.4, 0.5) is 0 Å². The number of carbonyl (C=O) groups excluding carboxylic acids is 1. The number of benzene rings is 2. The summed E-state index contributed by atoms with van der Waals surface area (Å²) >= 11 is 11.6. The van der Waals surface area contributed by atoms with Crippen LogP contribution in [0.15, 0.2) is 70.2 Å². The van der Waals surface area contributed by atoms with Crippen molar-refractivity contribution in [2.75, 3.05) is 6.61 Å². The van der Waals surface area contributed by atoms with Crippen molar-refractivity contribution in [3.05, 3.63) is 76.5 Å². The van der Waals surface area contributed by atoms with E-state index in [0.717, 1.165) is 5.56 Å². The van der Waals surface area contributed by atoms with Crippen LogP contribution in [0.1, 0.15) is 5.76 Å². The van der Waals surface area contributed by atoms with Crippen molar-refractivity contribution in [3.8, 4) is 17.1 Å². The van der Waals surface area contributed by atoms with Gasteiger partial charge in [-0.25, -0.2) is 5.43 Å². The molecule has 132 valence electrons. The van der Waals surface area contributed by atoms with Gasteiger partial charge in [-0.1, -0.05) is 23.2 Å². The van der Waals surface area contributed by atoms with E-state index in [1.54, 1.807) is 42.5 Å². The first kappa shape index (κ1) is 18.0. The van der Waals surface area contributed by atoms with Crippen LogP contribution >= 0.6 is 23.2 Å². The summed E-state index contributed by atoms with van der Waals surface area (Å²) in [7, 11) is 0. The molecule has 0 fully saturated rings. The molecule has 2 aromatic carbocycles. The van der Waals surface area contributed by atoms with E-state index in [1.807, 2.05) is 18.2 Å². The van der Waals surface area contributed by atoms with Gasteiger partial charge in [0.2, 0.25) is 0 Å². The summed E-state index contributed by atoms with van der Waals surface area (Å²) in [4.78, 5) is 11.7. The highest BCUT2D eigenvalue weighted by Crippen LogP contribution is 2.23. The molecule has 0 spiro atoms. The van der Waals surface area contributed by atoms with E-state index in [4.69, 9.17) is 32.4 Å². The topological polar surface area (TPSA) is 63.8 Å². The predicted molar refractivity (Wildman–Crippen MR) is 102 cm³/mol. The second kappa shape index (κ2) is 8.56. The minimum absolute atomic E-state index is 0.160. The molecule has 0 aliphatic rings. The van der Waals surface area contributed by atoms with Crippen molar-refractivity contribution in [3.63, 3.8) is 0 Å². The molecule has 1 amide bonds. The molecular formula is C19H14Cl2N2O3. The number of ether oxygens (including phenoxy) is 1. The lowest BCUT2D eigenvalue weighted by Gasteiger charge is -2.04. The van der Waals surface area contributed by atoms with E-state index in [0.29, 0.717) is 27.3 Å².